The van der Waals surface area contributed by atoms with Gasteiger partial charge in [-0.25, -0.2) is 4.79 Å². The predicted octanol–water partition coefficient (Wildman–Crippen LogP) is 4.63. The van der Waals surface area contributed by atoms with Crippen molar-refractivity contribution in [1.29, 1.82) is 0 Å². The molecular formula is C16H25NO2S. The topological polar surface area (TPSA) is 29.5 Å². The van der Waals surface area contributed by atoms with E-state index in [2.05, 4.69) is 32.2 Å². The fraction of sp³-hybridized carbons (Fsp3) is 0.688. The largest absolute Gasteiger partial charge is 0.444 e. The molecule has 0 radical (unpaired) electrons. The minimum Gasteiger partial charge on any atom is -0.444 e. The van der Waals surface area contributed by atoms with Gasteiger partial charge in [0.15, 0.2) is 0 Å². The summed E-state index contributed by atoms with van der Waals surface area (Å²) in [5.41, 5.74) is 0.932. The van der Waals surface area contributed by atoms with Crippen molar-refractivity contribution in [2.24, 2.45) is 5.41 Å². The molecule has 0 N–H and O–H groups in total. The Balaban J connectivity index is 2.32. The van der Waals surface area contributed by atoms with Crippen molar-refractivity contribution in [1.82, 2.24) is 4.90 Å². The first-order chi connectivity index (χ1) is 9.09. The third kappa shape index (κ3) is 3.17. The van der Waals surface area contributed by atoms with Gasteiger partial charge in [-0.15, -0.1) is 11.3 Å². The van der Waals surface area contributed by atoms with Gasteiger partial charge in [0.1, 0.15) is 5.60 Å². The lowest BCUT2D eigenvalue weighted by atomic mass is 9.81. The molecule has 0 saturated heterocycles. The Morgan fingerprint density at radius 3 is 2.50 bits per heavy atom. The first-order valence-corrected chi connectivity index (χ1v) is 8.03. The Hall–Kier alpha value is -1.03. The van der Waals surface area contributed by atoms with Crippen molar-refractivity contribution in [3.8, 4) is 0 Å². The second-order valence-corrected chi connectivity index (χ2v) is 8.45. The predicted molar refractivity (Wildman–Crippen MR) is 83.2 cm³/mol. The second kappa shape index (κ2) is 5.06. The molecule has 3 nitrogen and oxygen atoms in total. The van der Waals surface area contributed by atoms with Gasteiger partial charge in [0.2, 0.25) is 0 Å². The molecule has 112 valence electrons. The molecule has 0 saturated carbocycles. The van der Waals surface area contributed by atoms with Crippen LogP contribution in [0.3, 0.4) is 0 Å². The van der Waals surface area contributed by atoms with Crippen LogP contribution >= 0.6 is 11.3 Å². The van der Waals surface area contributed by atoms with Crippen LogP contribution < -0.4 is 0 Å². The van der Waals surface area contributed by atoms with Crippen molar-refractivity contribution in [2.75, 3.05) is 6.54 Å². The van der Waals surface area contributed by atoms with Crippen molar-refractivity contribution in [3.05, 3.63) is 21.9 Å². The average molecular weight is 295 g/mol. The number of hydrogen-bond donors (Lipinski definition) is 0. The number of carbonyl (C=O) groups excluding carboxylic acids is 1. The number of fused-ring (bicyclic) bond motifs is 1. The van der Waals surface area contributed by atoms with Gasteiger partial charge in [-0.05, 0) is 49.6 Å². The molecule has 0 fully saturated rings. The molecule has 0 aromatic carbocycles. The Kier molecular flexibility index (Phi) is 3.89. The number of nitrogens with zero attached hydrogens (tertiary/aromatic N) is 1. The lowest BCUT2D eigenvalue weighted by molar-refractivity contribution is -0.000141. The zero-order chi connectivity index (χ0) is 15.1. The quantitative estimate of drug-likeness (QED) is 0.698. The standard InChI is InChI=1S/C16H25NO2S/c1-15(2,3)13-12-11(8-10-20-12)7-9-17(13)14(18)19-16(4,5)6/h8,10,13H,7,9H2,1-6H3. The Bertz CT molecular complexity index is 493. The summed E-state index contributed by atoms with van der Waals surface area (Å²) in [4.78, 5) is 15.7. The highest BCUT2D eigenvalue weighted by atomic mass is 32.1. The van der Waals surface area contributed by atoms with Gasteiger partial charge < -0.3 is 4.74 Å². The number of carbonyl (C=O) groups is 1. The van der Waals surface area contributed by atoms with E-state index in [1.54, 1.807) is 11.3 Å². The first kappa shape index (κ1) is 15.4. The van der Waals surface area contributed by atoms with E-state index < -0.39 is 5.60 Å². The molecule has 20 heavy (non-hydrogen) atoms. The molecule has 1 atom stereocenters. The molecule has 1 aliphatic rings. The van der Waals surface area contributed by atoms with Crippen LogP contribution in [-0.4, -0.2) is 23.1 Å². The van der Waals surface area contributed by atoms with E-state index in [4.69, 9.17) is 4.74 Å². The van der Waals surface area contributed by atoms with E-state index in [0.717, 1.165) is 13.0 Å². The van der Waals surface area contributed by atoms with Crippen LogP contribution in [0.15, 0.2) is 11.4 Å². The fourth-order valence-electron chi connectivity index (χ4n) is 2.68. The highest BCUT2D eigenvalue weighted by molar-refractivity contribution is 7.10. The second-order valence-electron chi connectivity index (χ2n) is 7.50. The van der Waals surface area contributed by atoms with Crippen molar-refractivity contribution in [2.45, 2.75) is 59.6 Å². The Labute approximate surface area is 125 Å². The monoisotopic (exact) mass is 295 g/mol. The van der Waals surface area contributed by atoms with E-state index in [9.17, 15) is 4.79 Å². The van der Waals surface area contributed by atoms with Gasteiger partial charge in [0.05, 0.1) is 6.04 Å². The smallest absolute Gasteiger partial charge is 0.410 e. The van der Waals surface area contributed by atoms with Crippen molar-refractivity contribution < 1.29 is 9.53 Å². The third-order valence-corrected chi connectivity index (χ3v) is 4.42. The van der Waals surface area contributed by atoms with Crippen LogP contribution in [0.2, 0.25) is 0 Å². The first-order valence-electron chi connectivity index (χ1n) is 7.15. The van der Waals surface area contributed by atoms with E-state index in [1.807, 2.05) is 25.7 Å². The van der Waals surface area contributed by atoms with Crippen LogP contribution in [-0.2, 0) is 11.2 Å². The molecule has 1 amide bonds. The van der Waals surface area contributed by atoms with Gasteiger partial charge >= 0.3 is 6.09 Å². The molecule has 4 heteroatoms. The zero-order valence-corrected chi connectivity index (χ0v) is 14.1. The van der Waals surface area contributed by atoms with Gasteiger partial charge in [-0.3, -0.25) is 4.90 Å². The lowest BCUT2D eigenvalue weighted by Crippen LogP contribution is -2.46. The summed E-state index contributed by atoms with van der Waals surface area (Å²) in [5.74, 6) is 0. The summed E-state index contributed by atoms with van der Waals surface area (Å²) in [6, 6.07) is 2.28. The van der Waals surface area contributed by atoms with Crippen LogP contribution in [0.4, 0.5) is 4.79 Å². The Morgan fingerprint density at radius 2 is 1.95 bits per heavy atom. The molecule has 1 aliphatic heterocycles. The van der Waals surface area contributed by atoms with Crippen molar-refractivity contribution >= 4 is 17.4 Å². The minimum absolute atomic E-state index is 0.00305. The summed E-state index contributed by atoms with van der Waals surface area (Å²) in [7, 11) is 0. The maximum atomic E-state index is 12.5. The minimum atomic E-state index is -0.449. The van der Waals surface area contributed by atoms with Gasteiger partial charge in [-0.2, -0.15) is 0 Å². The summed E-state index contributed by atoms with van der Waals surface area (Å²) < 4.78 is 5.59. The van der Waals surface area contributed by atoms with Crippen LogP contribution in [0.1, 0.15) is 58.0 Å². The van der Waals surface area contributed by atoms with E-state index in [-0.39, 0.29) is 17.6 Å². The zero-order valence-electron chi connectivity index (χ0n) is 13.3. The Morgan fingerprint density at radius 1 is 1.30 bits per heavy atom. The van der Waals surface area contributed by atoms with Gasteiger partial charge in [0.25, 0.3) is 0 Å². The molecular weight excluding hydrogens is 270 g/mol. The molecule has 2 heterocycles. The number of thiophene rings is 1. The van der Waals surface area contributed by atoms with E-state index in [1.165, 1.54) is 10.4 Å². The molecule has 2 rings (SSSR count). The molecule has 1 aromatic rings. The summed E-state index contributed by atoms with van der Waals surface area (Å²) in [5, 5.41) is 2.13. The SMILES string of the molecule is CC(C)(C)OC(=O)N1CCc2ccsc2C1C(C)(C)C. The van der Waals surface area contributed by atoms with Crippen LogP contribution in [0, 0.1) is 5.41 Å². The molecule has 1 aromatic heterocycles. The third-order valence-electron chi connectivity index (χ3n) is 3.41. The summed E-state index contributed by atoms with van der Waals surface area (Å²) >= 11 is 1.75. The average Bonchev–Trinajstić information content (AvgIpc) is 2.71. The van der Waals surface area contributed by atoms with E-state index >= 15 is 0 Å². The molecule has 0 spiro atoms. The summed E-state index contributed by atoms with van der Waals surface area (Å²) in [6.45, 7) is 13.0. The number of hydrogen-bond acceptors (Lipinski definition) is 3. The fourth-order valence-corrected chi connectivity index (χ4v) is 3.99. The highest BCUT2D eigenvalue weighted by Crippen LogP contribution is 2.45. The molecule has 1 unspecified atom stereocenters. The number of amides is 1. The lowest BCUT2D eigenvalue weighted by Gasteiger charge is -2.43. The highest BCUT2D eigenvalue weighted by Gasteiger charge is 2.40. The normalized spacial score (nSPS) is 19.7. The summed E-state index contributed by atoms with van der Waals surface area (Å²) in [6.07, 6.45) is 0.724. The van der Waals surface area contributed by atoms with E-state index in [0.29, 0.717) is 0 Å². The maximum Gasteiger partial charge on any atom is 0.410 e. The number of rotatable bonds is 0. The molecule has 0 bridgehead atoms. The van der Waals surface area contributed by atoms with Crippen LogP contribution in [0.5, 0.6) is 0 Å². The van der Waals surface area contributed by atoms with Gasteiger partial charge in [0, 0.05) is 11.4 Å². The number of ether oxygens (including phenoxy) is 1. The van der Waals surface area contributed by atoms with Crippen molar-refractivity contribution in [3.63, 3.8) is 0 Å². The van der Waals surface area contributed by atoms with Crippen LogP contribution in [0.25, 0.3) is 0 Å². The molecule has 0 aliphatic carbocycles. The maximum absolute atomic E-state index is 12.5. The van der Waals surface area contributed by atoms with Gasteiger partial charge in [-0.1, -0.05) is 20.8 Å².